The summed E-state index contributed by atoms with van der Waals surface area (Å²) >= 11 is 0. The Labute approximate surface area is 113 Å². The van der Waals surface area contributed by atoms with Crippen molar-refractivity contribution in [2.24, 2.45) is 5.92 Å². The lowest BCUT2D eigenvalue weighted by Crippen LogP contribution is -2.50. The first-order chi connectivity index (χ1) is 9.30. The summed E-state index contributed by atoms with van der Waals surface area (Å²) in [6.45, 7) is 1.37. The summed E-state index contributed by atoms with van der Waals surface area (Å²) in [5, 5.41) is 0. The molecule has 2 rings (SSSR count). The molecule has 0 spiro atoms. The summed E-state index contributed by atoms with van der Waals surface area (Å²) in [7, 11) is 0. The van der Waals surface area contributed by atoms with Gasteiger partial charge in [0.1, 0.15) is 0 Å². The van der Waals surface area contributed by atoms with Crippen LogP contribution in [0, 0.1) is 5.92 Å². The first-order valence-corrected chi connectivity index (χ1v) is 6.10. The van der Waals surface area contributed by atoms with E-state index in [9.17, 15) is 22.8 Å². The lowest BCUT2D eigenvalue weighted by Gasteiger charge is -2.35. The van der Waals surface area contributed by atoms with E-state index in [0.29, 0.717) is 0 Å². The van der Waals surface area contributed by atoms with Gasteiger partial charge in [-0.25, -0.2) is 4.79 Å². The first-order valence-electron chi connectivity index (χ1n) is 6.10. The van der Waals surface area contributed by atoms with Crippen molar-refractivity contribution in [1.82, 2.24) is 0 Å². The third-order valence-corrected chi connectivity index (χ3v) is 3.40. The second kappa shape index (κ2) is 5.05. The van der Waals surface area contributed by atoms with Gasteiger partial charge in [0.25, 0.3) is 0 Å². The van der Waals surface area contributed by atoms with Gasteiger partial charge in [-0.05, 0) is 24.6 Å². The lowest BCUT2D eigenvalue weighted by atomic mass is 9.76. The minimum absolute atomic E-state index is 0.122. The fourth-order valence-electron chi connectivity index (χ4n) is 2.46. The van der Waals surface area contributed by atoms with E-state index in [1.165, 1.54) is 0 Å². The molecule has 7 heteroatoms. The minimum Gasteiger partial charge on any atom is -0.463 e. The smallest absolute Gasteiger partial charge is 0.421 e. The van der Waals surface area contributed by atoms with Gasteiger partial charge in [0, 0.05) is 18.4 Å². The number of ether oxygens (including phenoxy) is 2. The topological polar surface area (TPSA) is 52.6 Å². The number of halogens is 3. The lowest BCUT2D eigenvalue weighted by molar-refractivity contribution is -0.255. The van der Waals surface area contributed by atoms with Crippen molar-refractivity contribution in [3.8, 4) is 0 Å². The van der Waals surface area contributed by atoms with Crippen LogP contribution in [0.1, 0.15) is 13.3 Å². The molecule has 0 aromatic rings. The van der Waals surface area contributed by atoms with Crippen molar-refractivity contribution in [3.63, 3.8) is 0 Å². The van der Waals surface area contributed by atoms with Crippen LogP contribution in [-0.2, 0) is 19.1 Å². The average Bonchev–Trinajstić information content (AvgIpc) is 2.69. The van der Waals surface area contributed by atoms with Crippen molar-refractivity contribution < 1.29 is 32.2 Å². The van der Waals surface area contributed by atoms with Crippen LogP contribution in [0.2, 0.25) is 0 Å². The molecule has 1 heterocycles. The zero-order chi connectivity index (χ0) is 15.0. The Hall–Kier alpha value is -1.63. The second-order valence-corrected chi connectivity index (χ2v) is 4.61. The maximum Gasteiger partial charge on any atom is 0.421 e. The van der Waals surface area contributed by atoms with E-state index in [4.69, 9.17) is 4.74 Å². The number of carbonyl (C=O) groups excluding carboxylic acids is 2. The first kappa shape index (κ1) is 14.8. The summed E-state index contributed by atoms with van der Waals surface area (Å²) in [4.78, 5) is 22.7. The largest absolute Gasteiger partial charge is 0.463 e. The molecule has 110 valence electrons. The Morgan fingerprint density at radius 1 is 1.60 bits per heavy atom. The normalized spacial score (nSPS) is 31.5. The van der Waals surface area contributed by atoms with Gasteiger partial charge in [0.05, 0.1) is 13.2 Å². The fraction of sp³-hybridized carbons (Fsp3) is 0.538. The van der Waals surface area contributed by atoms with Gasteiger partial charge in [0.2, 0.25) is 0 Å². The summed E-state index contributed by atoms with van der Waals surface area (Å²) < 4.78 is 49.3. The predicted octanol–water partition coefficient (Wildman–Crippen LogP) is 1.95. The zero-order valence-corrected chi connectivity index (χ0v) is 10.7. The number of ketones is 1. The molecule has 1 aliphatic carbocycles. The van der Waals surface area contributed by atoms with Gasteiger partial charge in [-0.3, -0.25) is 4.79 Å². The van der Waals surface area contributed by atoms with E-state index in [1.54, 1.807) is 6.92 Å². The third-order valence-electron chi connectivity index (χ3n) is 3.40. The monoisotopic (exact) mass is 290 g/mol. The molecular weight excluding hydrogens is 277 g/mol. The van der Waals surface area contributed by atoms with Gasteiger partial charge >= 0.3 is 12.1 Å². The molecule has 0 N–H and O–H groups in total. The van der Waals surface area contributed by atoms with Crippen LogP contribution < -0.4 is 0 Å². The number of allylic oxidation sites excluding steroid dienone is 1. The minimum atomic E-state index is -4.65. The zero-order valence-electron chi connectivity index (χ0n) is 10.7. The molecule has 1 unspecified atom stereocenters. The number of esters is 1. The van der Waals surface area contributed by atoms with E-state index in [0.717, 1.165) is 18.2 Å². The highest BCUT2D eigenvalue weighted by Crippen LogP contribution is 2.51. The van der Waals surface area contributed by atoms with Gasteiger partial charge < -0.3 is 9.47 Å². The molecule has 0 aromatic heterocycles. The van der Waals surface area contributed by atoms with E-state index < -0.39 is 29.4 Å². The third kappa shape index (κ3) is 2.37. The summed E-state index contributed by atoms with van der Waals surface area (Å²) in [6.07, 6.45) is -2.36. The average molecular weight is 290 g/mol. The Morgan fingerprint density at radius 2 is 2.30 bits per heavy atom. The van der Waals surface area contributed by atoms with Crippen molar-refractivity contribution in [2.75, 3.05) is 13.2 Å². The number of carbonyl (C=O) groups is 2. The molecule has 2 aliphatic rings. The Balaban J connectivity index is 2.37. The SMILES string of the molecule is CCOC(=O)/C=C1/CO[C@]2(C(F)(F)F)C=CC(=O)CC12. The molecule has 20 heavy (non-hydrogen) atoms. The predicted molar refractivity (Wildman–Crippen MR) is 61.7 cm³/mol. The number of hydrogen-bond acceptors (Lipinski definition) is 4. The molecule has 0 bridgehead atoms. The van der Waals surface area contributed by atoms with E-state index in [-0.39, 0.29) is 25.2 Å². The quantitative estimate of drug-likeness (QED) is 0.576. The van der Waals surface area contributed by atoms with Gasteiger partial charge in [-0.1, -0.05) is 0 Å². The van der Waals surface area contributed by atoms with Crippen LogP contribution in [0.4, 0.5) is 13.2 Å². The molecule has 1 aliphatic heterocycles. The Morgan fingerprint density at radius 3 is 2.90 bits per heavy atom. The molecular formula is C13H13F3O4. The molecule has 4 nitrogen and oxygen atoms in total. The summed E-state index contributed by atoms with van der Waals surface area (Å²) in [5.41, 5.74) is -2.38. The van der Waals surface area contributed by atoms with E-state index in [1.807, 2.05) is 0 Å². The number of fused-ring (bicyclic) bond motifs is 1. The highest BCUT2D eigenvalue weighted by molar-refractivity contribution is 5.92. The molecule has 0 amide bonds. The van der Waals surface area contributed by atoms with E-state index >= 15 is 0 Å². The van der Waals surface area contributed by atoms with E-state index in [2.05, 4.69) is 4.74 Å². The van der Waals surface area contributed by atoms with Crippen molar-refractivity contribution >= 4 is 11.8 Å². The Bertz CT molecular complexity index is 492. The summed E-state index contributed by atoms with van der Waals surface area (Å²) in [6, 6.07) is 0. The van der Waals surface area contributed by atoms with Crippen molar-refractivity contribution in [1.29, 1.82) is 0 Å². The van der Waals surface area contributed by atoms with Crippen LogP contribution in [0.25, 0.3) is 0 Å². The maximum absolute atomic E-state index is 13.2. The van der Waals surface area contributed by atoms with Crippen LogP contribution in [0.5, 0.6) is 0 Å². The standard InChI is InChI=1S/C13H13F3O4/c1-2-19-11(18)5-8-7-20-12(13(14,15)16)4-3-9(17)6-10(8)12/h3-5,10H,2,6-7H2,1H3/b8-5-/t10?,12-/m1/s1. The highest BCUT2D eigenvalue weighted by atomic mass is 19.4. The molecule has 1 fully saturated rings. The van der Waals surface area contributed by atoms with Gasteiger partial charge in [-0.2, -0.15) is 13.2 Å². The second-order valence-electron chi connectivity index (χ2n) is 4.61. The number of hydrogen-bond donors (Lipinski definition) is 0. The van der Waals surface area contributed by atoms with Crippen LogP contribution in [0.15, 0.2) is 23.8 Å². The highest BCUT2D eigenvalue weighted by Gasteiger charge is 2.64. The number of alkyl halides is 3. The van der Waals surface area contributed by atoms with Crippen LogP contribution in [-0.4, -0.2) is 36.7 Å². The number of rotatable bonds is 2. The maximum atomic E-state index is 13.2. The molecule has 2 atom stereocenters. The fourth-order valence-corrected chi connectivity index (χ4v) is 2.46. The van der Waals surface area contributed by atoms with Crippen LogP contribution in [0.3, 0.4) is 0 Å². The Kier molecular flexibility index (Phi) is 3.73. The van der Waals surface area contributed by atoms with Gasteiger partial charge in [0.15, 0.2) is 11.4 Å². The molecule has 1 saturated heterocycles. The molecule has 0 aromatic carbocycles. The van der Waals surface area contributed by atoms with Crippen LogP contribution >= 0.6 is 0 Å². The summed E-state index contributed by atoms with van der Waals surface area (Å²) in [5.74, 6) is -2.36. The van der Waals surface area contributed by atoms with Gasteiger partial charge in [-0.15, -0.1) is 0 Å². The molecule has 0 saturated carbocycles. The molecule has 0 radical (unpaired) electrons. The van der Waals surface area contributed by atoms with Crippen molar-refractivity contribution in [2.45, 2.75) is 25.1 Å². The van der Waals surface area contributed by atoms with Crippen molar-refractivity contribution in [3.05, 3.63) is 23.8 Å².